The van der Waals surface area contributed by atoms with Crippen LogP contribution in [0.1, 0.15) is 0 Å². The van der Waals surface area contributed by atoms with Crippen LogP contribution in [0.15, 0.2) is 24.3 Å². The van der Waals surface area contributed by atoms with E-state index >= 15 is 0 Å². The molecule has 14 heavy (non-hydrogen) atoms. The Bertz CT molecular complexity index is 485. The maximum absolute atomic E-state index is 5.95. The zero-order valence-electron chi connectivity index (χ0n) is 7.42. The van der Waals surface area contributed by atoms with Crippen LogP contribution in [0.4, 0.5) is 0 Å². The fraction of sp³-hybridized carbons (Fsp3) is 0.100. The first-order valence-electron chi connectivity index (χ1n) is 4.01. The third kappa shape index (κ3) is 1.41. The van der Waals surface area contributed by atoms with Crippen LogP contribution >= 0.6 is 23.2 Å². The van der Waals surface area contributed by atoms with Crippen molar-refractivity contribution >= 4 is 34.1 Å². The summed E-state index contributed by atoms with van der Waals surface area (Å²) in [6, 6.07) is 7.54. The minimum absolute atomic E-state index is 0.266. The summed E-state index contributed by atoms with van der Waals surface area (Å²) >= 11 is 11.8. The van der Waals surface area contributed by atoms with Gasteiger partial charge in [0.15, 0.2) is 5.15 Å². The molecular weight excluding hydrogens is 221 g/mol. The van der Waals surface area contributed by atoms with E-state index in [2.05, 4.69) is 4.98 Å². The zero-order valence-corrected chi connectivity index (χ0v) is 8.93. The largest absolute Gasteiger partial charge is 0.494 e. The number of hydrogen-bond donors (Lipinski definition) is 0. The number of fused-ring (bicyclic) bond motifs is 1. The van der Waals surface area contributed by atoms with Crippen molar-refractivity contribution in [3.8, 4) is 5.75 Å². The molecule has 1 aromatic carbocycles. The summed E-state index contributed by atoms with van der Waals surface area (Å²) in [7, 11) is 1.56. The van der Waals surface area contributed by atoms with Gasteiger partial charge in [0.2, 0.25) is 0 Å². The van der Waals surface area contributed by atoms with Crippen molar-refractivity contribution in [3.05, 3.63) is 34.4 Å². The van der Waals surface area contributed by atoms with Crippen LogP contribution in [0.2, 0.25) is 10.2 Å². The lowest BCUT2D eigenvalue weighted by Crippen LogP contribution is -1.89. The van der Waals surface area contributed by atoms with Crippen LogP contribution in [0.25, 0.3) is 10.9 Å². The van der Waals surface area contributed by atoms with Crippen molar-refractivity contribution in [3.63, 3.8) is 0 Å². The molecule has 4 heteroatoms. The predicted octanol–water partition coefficient (Wildman–Crippen LogP) is 3.55. The van der Waals surface area contributed by atoms with Gasteiger partial charge in [0.1, 0.15) is 10.8 Å². The topological polar surface area (TPSA) is 22.1 Å². The summed E-state index contributed by atoms with van der Waals surface area (Å²) in [5.74, 6) is 0.572. The van der Waals surface area contributed by atoms with Crippen molar-refractivity contribution in [1.29, 1.82) is 0 Å². The van der Waals surface area contributed by atoms with Gasteiger partial charge in [0, 0.05) is 5.39 Å². The Morgan fingerprint density at radius 1 is 1.21 bits per heavy atom. The van der Waals surface area contributed by atoms with E-state index in [9.17, 15) is 0 Å². The molecule has 2 rings (SSSR count). The Labute approximate surface area is 91.4 Å². The first kappa shape index (κ1) is 9.56. The lowest BCUT2D eigenvalue weighted by molar-refractivity contribution is 0.419. The van der Waals surface area contributed by atoms with E-state index < -0.39 is 0 Å². The molecule has 0 aliphatic heterocycles. The Hall–Kier alpha value is -0.990. The van der Waals surface area contributed by atoms with E-state index in [0.717, 1.165) is 10.9 Å². The Morgan fingerprint density at radius 2 is 1.93 bits per heavy atom. The molecule has 1 heterocycles. The van der Waals surface area contributed by atoms with Crippen LogP contribution in [0, 0.1) is 0 Å². The number of para-hydroxylation sites is 1. The van der Waals surface area contributed by atoms with Gasteiger partial charge in [-0.25, -0.2) is 4.98 Å². The summed E-state index contributed by atoms with van der Waals surface area (Å²) < 4.78 is 5.18. The average Bonchev–Trinajstić information content (AvgIpc) is 2.20. The molecule has 0 saturated heterocycles. The van der Waals surface area contributed by atoms with Crippen LogP contribution < -0.4 is 4.74 Å². The van der Waals surface area contributed by atoms with Gasteiger partial charge in [-0.15, -0.1) is 0 Å². The Morgan fingerprint density at radius 3 is 2.64 bits per heavy atom. The third-order valence-electron chi connectivity index (χ3n) is 1.95. The van der Waals surface area contributed by atoms with Crippen molar-refractivity contribution in [2.75, 3.05) is 7.11 Å². The SMILES string of the molecule is COc1c(Cl)c(Cl)nc2ccccc12. The monoisotopic (exact) mass is 227 g/mol. The summed E-state index contributed by atoms with van der Waals surface area (Å²) in [6.45, 7) is 0. The second-order valence-corrected chi connectivity index (χ2v) is 3.50. The Balaban J connectivity index is 2.89. The molecule has 0 N–H and O–H groups in total. The van der Waals surface area contributed by atoms with Crippen molar-refractivity contribution < 1.29 is 4.74 Å². The molecule has 0 amide bonds. The molecular formula is C10H7Cl2NO. The molecule has 0 unspecified atom stereocenters. The first-order chi connectivity index (χ1) is 6.74. The molecule has 0 aliphatic rings. The quantitative estimate of drug-likeness (QED) is 0.696. The van der Waals surface area contributed by atoms with Crippen LogP contribution in [-0.2, 0) is 0 Å². The molecule has 2 nitrogen and oxygen atoms in total. The van der Waals surface area contributed by atoms with Crippen LogP contribution in [0.5, 0.6) is 5.75 Å². The van der Waals surface area contributed by atoms with Gasteiger partial charge >= 0.3 is 0 Å². The molecule has 1 aromatic heterocycles. The highest BCUT2D eigenvalue weighted by atomic mass is 35.5. The molecule has 0 spiro atoms. The second-order valence-electron chi connectivity index (χ2n) is 2.77. The molecule has 0 fully saturated rings. The van der Waals surface area contributed by atoms with Crippen molar-refractivity contribution in [2.24, 2.45) is 0 Å². The normalized spacial score (nSPS) is 10.5. The fourth-order valence-corrected chi connectivity index (χ4v) is 1.73. The molecule has 72 valence electrons. The van der Waals surface area contributed by atoms with Gasteiger partial charge in [-0.3, -0.25) is 0 Å². The van der Waals surface area contributed by atoms with Crippen LogP contribution in [0.3, 0.4) is 0 Å². The first-order valence-corrected chi connectivity index (χ1v) is 4.77. The lowest BCUT2D eigenvalue weighted by Gasteiger charge is -2.07. The van der Waals surface area contributed by atoms with E-state index in [1.807, 2.05) is 24.3 Å². The number of nitrogens with zero attached hydrogens (tertiary/aromatic N) is 1. The number of methoxy groups -OCH3 is 1. The molecule has 0 bridgehead atoms. The summed E-state index contributed by atoms with van der Waals surface area (Å²) in [5.41, 5.74) is 0.777. The number of hydrogen-bond acceptors (Lipinski definition) is 2. The number of ether oxygens (including phenoxy) is 1. The minimum atomic E-state index is 0.266. The molecule has 0 atom stereocenters. The number of pyridine rings is 1. The summed E-state index contributed by atoms with van der Waals surface area (Å²) in [6.07, 6.45) is 0. The maximum Gasteiger partial charge on any atom is 0.152 e. The highest BCUT2D eigenvalue weighted by Crippen LogP contribution is 2.36. The van der Waals surface area contributed by atoms with Crippen molar-refractivity contribution in [2.45, 2.75) is 0 Å². The average molecular weight is 228 g/mol. The number of halogens is 2. The predicted molar refractivity (Wildman–Crippen MR) is 58.3 cm³/mol. The highest BCUT2D eigenvalue weighted by Gasteiger charge is 2.11. The van der Waals surface area contributed by atoms with E-state index in [4.69, 9.17) is 27.9 Å². The Kier molecular flexibility index (Phi) is 2.48. The molecule has 0 aliphatic carbocycles. The summed E-state index contributed by atoms with van der Waals surface area (Å²) in [4.78, 5) is 4.14. The minimum Gasteiger partial charge on any atom is -0.494 e. The lowest BCUT2D eigenvalue weighted by atomic mass is 10.2. The van der Waals surface area contributed by atoms with Gasteiger partial charge in [-0.1, -0.05) is 35.3 Å². The highest BCUT2D eigenvalue weighted by molar-refractivity contribution is 6.43. The molecule has 0 saturated carbocycles. The second kappa shape index (κ2) is 3.64. The number of aromatic nitrogens is 1. The van der Waals surface area contributed by atoms with E-state index in [1.54, 1.807) is 7.11 Å². The third-order valence-corrected chi connectivity index (χ3v) is 2.67. The molecule has 2 aromatic rings. The standard InChI is InChI=1S/C10H7Cl2NO/c1-14-9-6-4-2-3-5-7(6)13-10(12)8(9)11/h2-5H,1H3. The van der Waals surface area contributed by atoms with Gasteiger partial charge in [-0.05, 0) is 12.1 Å². The van der Waals surface area contributed by atoms with E-state index in [0.29, 0.717) is 10.8 Å². The van der Waals surface area contributed by atoms with Gasteiger partial charge in [-0.2, -0.15) is 0 Å². The zero-order chi connectivity index (χ0) is 10.1. The molecule has 0 radical (unpaired) electrons. The van der Waals surface area contributed by atoms with E-state index in [-0.39, 0.29) is 5.15 Å². The fourth-order valence-electron chi connectivity index (χ4n) is 1.33. The van der Waals surface area contributed by atoms with E-state index in [1.165, 1.54) is 0 Å². The van der Waals surface area contributed by atoms with Crippen LogP contribution in [-0.4, -0.2) is 12.1 Å². The maximum atomic E-state index is 5.95. The number of rotatable bonds is 1. The van der Waals surface area contributed by atoms with Gasteiger partial charge in [0.25, 0.3) is 0 Å². The number of benzene rings is 1. The smallest absolute Gasteiger partial charge is 0.152 e. The van der Waals surface area contributed by atoms with Gasteiger partial charge in [0.05, 0.1) is 12.6 Å². The van der Waals surface area contributed by atoms with Crippen molar-refractivity contribution in [1.82, 2.24) is 4.98 Å². The summed E-state index contributed by atoms with van der Waals surface area (Å²) in [5, 5.41) is 1.49. The van der Waals surface area contributed by atoms with Gasteiger partial charge < -0.3 is 4.74 Å².